The average molecular weight is 370 g/mol. The van der Waals surface area contributed by atoms with Crippen LogP contribution in [0, 0.1) is 0 Å². The third-order valence-electron chi connectivity index (χ3n) is 6.07. The van der Waals surface area contributed by atoms with Crippen molar-refractivity contribution in [3.8, 4) is 0 Å². The number of H-pyrrole nitrogens is 1. The van der Waals surface area contributed by atoms with Crippen molar-refractivity contribution in [3.05, 3.63) is 35.7 Å². The molecule has 2 aromatic rings. The van der Waals surface area contributed by atoms with E-state index in [1.165, 1.54) is 23.4 Å². The molecule has 146 valence electrons. The minimum Gasteiger partial charge on any atom is -0.348 e. The molecule has 0 unspecified atom stereocenters. The minimum atomic E-state index is 0.116. The number of nitrogens with zero attached hydrogens (tertiary/aromatic N) is 6. The maximum absolute atomic E-state index is 4.76. The lowest BCUT2D eigenvalue weighted by Gasteiger charge is -2.50. The van der Waals surface area contributed by atoms with Crippen LogP contribution in [-0.4, -0.2) is 70.0 Å². The van der Waals surface area contributed by atoms with E-state index in [-0.39, 0.29) is 5.54 Å². The van der Waals surface area contributed by atoms with Gasteiger partial charge in [0.15, 0.2) is 0 Å². The number of imidazole rings is 1. The Morgan fingerprint density at radius 1 is 1.11 bits per heavy atom. The van der Waals surface area contributed by atoms with Crippen molar-refractivity contribution in [3.63, 3.8) is 0 Å². The molecule has 1 fully saturated rings. The molecule has 1 spiro atoms. The van der Waals surface area contributed by atoms with Gasteiger partial charge < -0.3 is 9.88 Å². The largest absolute Gasteiger partial charge is 0.348 e. The quantitative estimate of drug-likeness (QED) is 0.870. The number of anilines is 1. The Balaban J connectivity index is 1.46. The van der Waals surface area contributed by atoms with Gasteiger partial charge in [0.25, 0.3) is 0 Å². The number of likely N-dealkylation sites (tertiary alicyclic amines) is 1. The third-order valence-corrected chi connectivity index (χ3v) is 6.07. The molecule has 0 atom stereocenters. The zero-order valence-corrected chi connectivity index (χ0v) is 16.8. The summed E-state index contributed by atoms with van der Waals surface area (Å²) in [6.45, 7) is 7.67. The number of nitrogens with one attached hydrogen (secondary N) is 1. The zero-order chi connectivity index (χ0) is 18.9. The summed E-state index contributed by atoms with van der Waals surface area (Å²) < 4.78 is 0. The molecule has 2 aliphatic heterocycles. The normalized spacial score (nSPS) is 20.0. The molecule has 0 aliphatic carbocycles. The standard InChI is InChI=1S/C20H31N7/c1-4-8-27-9-5-17-18(24-15-23-17)20(27)6-10-26(11-7-20)14-16-12-21-19(22-13-16)25(2)3/h12-13,15H,4-11,14H2,1-3H3,(H,23,24). The van der Waals surface area contributed by atoms with E-state index in [2.05, 4.69) is 31.7 Å². The van der Waals surface area contributed by atoms with Crippen LogP contribution < -0.4 is 4.90 Å². The molecule has 7 nitrogen and oxygen atoms in total. The number of rotatable bonds is 5. The van der Waals surface area contributed by atoms with Crippen LogP contribution in [0.25, 0.3) is 0 Å². The van der Waals surface area contributed by atoms with E-state index in [4.69, 9.17) is 4.98 Å². The van der Waals surface area contributed by atoms with Gasteiger partial charge in [-0.3, -0.25) is 9.80 Å². The second-order valence-corrected chi connectivity index (χ2v) is 8.06. The molecule has 27 heavy (non-hydrogen) atoms. The van der Waals surface area contributed by atoms with E-state index in [9.17, 15) is 0 Å². The van der Waals surface area contributed by atoms with Crippen molar-refractivity contribution in [2.45, 2.75) is 44.7 Å². The van der Waals surface area contributed by atoms with E-state index in [0.29, 0.717) is 0 Å². The molecule has 0 aromatic carbocycles. The lowest BCUT2D eigenvalue weighted by atomic mass is 9.78. The minimum absolute atomic E-state index is 0.116. The number of piperidine rings is 1. The van der Waals surface area contributed by atoms with E-state index < -0.39 is 0 Å². The van der Waals surface area contributed by atoms with Gasteiger partial charge in [0.1, 0.15) is 0 Å². The van der Waals surface area contributed by atoms with Crippen LogP contribution in [0.4, 0.5) is 5.95 Å². The highest BCUT2D eigenvalue weighted by Gasteiger charge is 2.46. The summed E-state index contributed by atoms with van der Waals surface area (Å²) in [5.41, 5.74) is 3.96. The number of fused-ring (bicyclic) bond motifs is 2. The summed E-state index contributed by atoms with van der Waals surface area (Å²) in [4.78, 5) is 24.2. The van der Waals surface area contributed by atoms with Crippen LogP contribution in [0.3, 0.4) is 0 Å². The Bertz CT molecular complexity index is 744. The summed E-state index contributed by atoms with van der Waals surface area (Å²) in [6, 6.07) is 0. The lowest BCUT2D eigenvalue weighted by Crippen LogP contribution is -2.56. The number of aromatic nitrogens is 4. The lowest BCUT2D eigenvalue weighted by molar-refractivity contribution is 0.00348. The fourth-order valence-electron chi connectivity index (χ4n) is 4.67. The molecule has 0 saturated carbocycles. The highest BCUT2D eigenvalue weighted by atomic mass is 15.3. The number of hydrogen-bond donors (Lipinski definition) is 1. The number of aromatic amines is 1. The summed E-state index contributed by atoms with van der Waals surface area (Å²) in [5, 5.41) is 0. The first-order valence-corrected chi connectivity index (χ1v) is 10.1. The van der Waals surface area contributed by atoms with E-state index in [1.807, 2.05) is 37.7 Å². The molecular weight excluding hydrogens is 338 g/mol. The third kappa shape index (κ3) is 3.46. The highest BCUT2D eigenvalue weighted by Crippen LogP contribution is 2.42. The Morgan fingerprint density at radius 2 is 1.85 bits per heavy atom. The van der Waals surface area contributed by atoms with Crippen LogP contribution in [0.15, 0.2) is 18.7 Å². The second kappa shape index (κ2) is 7.56. The smallest absolute Gasteiger partial charge is 0.224 e. The van der Waals surface area contributed by atoms with Crippen LogP contribution in [0.1, 0.15) is 43.1 Å². The van der Waals surface area contributed by atoms with Crippen molar-refractivity contribution >= 4 is 5.95 Å². The van der Waals surface area contributed by atoms with E-state index in [1.54, 1.807) is 0 Å². The van der Waals surface area contributed by atoms with Crippen molar-refractivity contribution in [1.29, 1.82) is 0 Å². The van der Waals surface area contributed by atoms with E-state index >= 15 is 0 Å². The summed E-state index contributed by atoms with van der Waals surface area (Å²) in [7, 11) is 3.93. The van der Waals surface area contributed by atoms with Gasteiger partial charge in [-0.05, 0) is 25.8 Å². The predicted molar refractivity (Wildman–Crippen MR) is 107 cm³/mol. The van der Waals surface area contributed by atoms with Crippen molar-refractivity contribution in [1.82, 2.24) is 29.7 Å². The van der Waals surface area contributed by atoms with E-state index in [0.717, 1.165) is 57.9 Å². The Morgan fingerprint density at radius 3 is 2.52 bits per heavy atom. The Labute approximate surface area is 161 Å². The first-order chi connectivity index (χ1) is 13.1. The van der Waals surface area contributed by atoms with Gasteiger partial charge in [0.2, 0.25) is 5.95 Å². The molecule has 0 radical (unpaired) electrons. The maximum Gasteiger partial charge on any atom is 0.224 e. The zero-order valence-electron chi connectivity index (χ0n) is 16.8. The van der Waals surface area contributed by atoms with Crippen molar-refractivity contribution in [2.75, 3.05) is 45.2 Å². The van der Waals surface area contributed by atoms with Gasteiger partial charge >= 0.3 is 0 Å². The van der Waals surface area contributed by atoms with Crippen LogP contribution in [0.2, 0.25) is 0 Å². The molecular formula is C20H31N7. The topological polar surface area (TPSA) is 64.2 Å². The SMILES string of the molecule is CCCN1CCc2[nH]cnc2C12CCN(Cc1cnc(N(C)C)nc1)CC2. The Kier molecular flexibility index (Phi) is 5.14. The molecule has 1 N–H and O–H groups in total. The predicted octanol–water partition coefficient (Wildman–Crippen LogP) is 2.03. The maximum atomic E-state index is 4.76. The summed E-state index contributed by atoms with van der Waals surface area (Å²) >= 11 is 0. The highest BCUT2D eigenvalue weighted by molar-refractivity contribution is 5.28. The Hall–Kier alpha value is -1.99. The molecule has 0 amide bonds. The average Bonchev–Trinajstić information content (AvgIpc) is 3.16. The fraction of sp³-hybridized carbons (Fsp3) is 0.650. The fourth-order valence-corrected chi connectivity index (χ4v) is 4.67. The number of hydrogen-bond acceptors (Lipinski definition) is 6. The molecule has 1 saturated heterocycles. The van der Waals surface area contributed by atoms with Gasteiger partial charge in [-0.2, -0.15) is 0 Å². The van der Waals surface area contributed by atoms with Gasteiger partial charge in [-0.15, -0.1) is 0 Å². The summed E-state index contributed by atoms with van der Waals surface area (Å²) in [5.74, 6) is 0.764. The molecule has 0 bridgehead atoms. The van der Waals surface area contributed by atoms with Gasteiger partial charge in [-0.25, -0.2) is 15.0 Å². The monoisotopic (exact) mass is 369 g/mol. The second-order valence-electron chi connectivity index (χ2n) is 8.06. The first-order valence-electron chi connectivity index (χ1n) is 10.1. The van der Waals surface area contributed by atoms with Crippen LogP contribution in [-0.2, 0) is 18.5 Å². The molecule has 4 rings (SSSR count). The first kappa shape index (κ1) is 18.4. The molecule has 2 aromatic heterocycles. The molecule has 4 heterocycles. The van der Waals surface area contributed by atoms with Gasteiger partial charge in [-0.1, -0.05) is 6.92 Å². The van der Waals surface area contributed by atoms with Gasteiger partial charge in [0.05, 0.1) is 17.6 Å². The van der Waals surface area contributed by atoms with Crippen LogP contribution in [0.5, 0.6) is 0 Å². The summed E-state index contributed by atoms with van der Waals surface area (Å²) in [6.07, 6.45) is 10.4. The van der Waals surface area contributed by atoms with Gasteiger partial charge in [0, 0.05) is 70.3 Å². The molecule has 2 aliphatic rings. The van der Waals surface area contributed by atoms with Crippen molar-refractivity contribution in [2.24, 2.45) is 0 Å². The molecule has 7 heteroatoms. The van der Waals surface area contributed by atoms with Crippen LogP contribution >= 0.6 is 0 Å². The van der Waals surface area contributed by atoms with Crippen molar-refractivity contribution < 1.29 is 0 Å².